The molecule has 76 valence electrons. The van der Waals surface area contributed by atoms with E-state index in [0.29, 0.717) is 10.6 Å². The van der Waals surface area contributed by atoms with E-state index >= 15 is 0 Å². The molecule has 0 bridgehead atoms. The van der Waals surface area contributed by atoms with Gasteiger partial charge in [-0.05, 0) is 24.0 Å². The summed E-state index contributed by atoms with van der Waals surface area (Å²) in [6, 6.07) is 3.95. The van der Waals surface area contributed by atoms with Gasteiger partial charge < -0.3 is 4.90 Å². The van der Waals surface area contributed by atoms with Crippen LogP contribution in [0.3, 0.4) is 0 Å². The molecular formula is C11H15ClN2. The quantitative estimate of drug-likeness (QED) is 0.663. The summed E-state index contributed by atoms with van der Waals surface area (Å²) in [5.41, 5.74) is 1.62. The lowest BCUT2D eigenvalue weighted by molar-refractivity contribution is 0.418. The molecule has 1 aliphatic rings. The van der Waals surface area contributed by atoms with Crippen LogP contribution in [0.2, 0.25) is 5.15 Å². The van der Waals surface area contributed by atoms with Gasteiger partial charge in [-0.3, -0.25) is 0 Å². The topological polar surface area (TPSA) is 16.1 Å². The predicted molar refractivity (Wildman–Crippen MR) is 59.9 cm³/mol. The number of nitrogens with zero attached hydrogens (tertiary/aromatic N) is 2. The molecule has 0 unspecified atom stereocenters. The third kappa shape index (κ3) is 2.01. The molecular weight excluding hydrogens is 196 g/mol. The Balaban J connectivity index is 2.17. The van der Waals surface area contributed by atoms with Crippen LogP contribution in [0, 0.1) is 5.41 Å². The molecule has 0 atom stereocenters. The zero-order chi connectivity index (χ0) is 10.2. The Bertz CT molecular complexity index is 336. The summed E-state index contributed by atoms with van der Waals surface area (Å²) >= 11 is 5.86. The number of anilines is 1. The summed E-state index contributed by atoms with van der Waals surface area (Å²) in [5, 5.41) is 0.576. The van der Waals surface area contributed by atoms with Crippen molar-refractivity contribution in [1.29, 1.82) is 0 Å². The van der Waals surface area contributed by atoms with E-state index in [1.54, 1.807) is 6.20 Å². The van der Waals surface area contributed by atoms with Crippen LogP contribution in [0.5, 0.6) is 0 Å². The number of rotatable bonds is 1. The van der Waals surface area contributed by atoms with E-state index in [-0.39, 0.29) is 0 Å². The number of hydrogen-bond acceptors (Lipinski definition) is 2. The molecule has 0 N–H and O–H groups in total. The van der Waals surface area contributed by atoms with Crippen LogP contribution in [0.15, 0.2) is 18.3 Å². The minimum Gasteiger partial charge on any atom is -0.371 e. The fraction of sp³-hybridized carbons (Fsp3) is 0.545. The number of pyridine rings is 1. The highest BCUT2D eigenvalue weighted by atomic mass is 35.5. The maximum atomic E-state index is 5.86. The monoisotopic (exact) mass is 210 g/mol. The maximum Gasteiger partial charge on any atom is 0.131 e. The Morgan fingerprint density at radius 1 is 1.50 bits per heavy atom. The van der Waals surface area contributed by atoms with E-state index in [9.17, 15) is 0 Å². The Morgan fingerprint density at radius 3 is 2.86 bits per heavy atom. The first kappa shape index (κ1) is 9.78. The summed E-state index contributed by atoms with van der Waals surface area (Å²) in [6.07, 6.45) is 3.01. The highest BCUT2D eigenvalue weighted by Gasteiger charge is 2.29. The molecule has 2 rings (SSSR count). The Labute approximate surface area is 89.9 Å². The minimum atomic E-state index is 0.426. The lowest BCUT2D eigenvalue weighted by Crippen LogP contribution is -2.22. The van der Waals surface area contributed by atoms with E-state index in [1.165, 1.54) is 12.1 Å². The van der Waals surface area contributed by atoms with Gasteiger partial charge in [-0.2, -0.15) is 0 Å². The van der Waals surface area contributed by atoms with Gasteiger partial charge in [0.15, 0.2) is 0 Å². The minimum absolute atomic E-state index is 0.426. The van der Waals surface area contributed by atoms with Crippen LogP contribution in [0.1, 0.15) is 20.3 Å². The van der Waals surface area contributed by atoms with Gasteiger partial charge in [0.05, 0.1) is 0 Å². The molecule has 1 saturated heterocycles. The third-order valence-corrected chi connectivity index (χ3v) is 2.96. The van der Waals surface area contributed by atoms with Crippen molar-refractivity contribution in [2.75, 3.05) is 18.0 Å². The third-order valence-electron chi connectivity index (χ3n) is 2.75. The second kappa shape index (κ2) is 3.43. The highest BCUT2D eigenvalue weighted by Crippen LogP contribution is 2.32. The Morgan fingerprint density at radius 2 is 2.29 bits per heavy atom. The summed E-state index contributed by atoms with van der Waals surface area (Å²) in [6.45, 7) is 6.83. The molecule has 0 radical (unpaired) electrons. The van der Waals surface area contributed by atoms with Crippen LogP contribution in [0.25, 0.3) is 0 Å². The first-order chi connectivity index (χ1) is 6.57. The fourth-order valence-corrected chi connectivity index (χ4v) is 2.09. The van der Waals surface area contributed by atoms with Crippen LogP contribution in [-0.4, -0.2) is 18.1 Å². The van der Waals surface area contributed by atoms with Crippen molar-refractivity contribution in [3.63, 3.8) is 0 Å². The molecule has 1 aliphatic heterocycles. The van der Waals surface area contributed by atoms with Crippen molar-refractivity contribution in [1.82, 2.24) is 4.98 Å². The highest BCUT2D eigenvalue weighted by molar-refractivity contribution is 6.29. The normalized spacial score (nSPS) is 20.1. The Hall–Kier alpha value is -0.760. The number of hydrogen-bond donors (Lipinski definition) is 0. The summed E-state index contributed by atoms with van der Waals surface area (Å²) < 4.78 is 0. The van der Waals surface area contributed by atoms with E-state index in [2.05, 4.69) is 23.7 Å². The second-order valence-corrected chi connectivity index (χ2v) is 5.06. The molecule has 14 heavy (non-hydrogen) atoms. The van der Waals surface area contributed by atoms with Crippen LogP contribution < -0.4 is 4.90 Å². The summed E-state index contributed by atoms with van der Waals surface area (Å²) in [4.78, 5) is 6.35. The molecule has 0 saturated carbocycles. The lowest BCUT2D eigenvalue weighted by Gasteiger charge is -2.21. The van der Waals surface area contributed by atoms with Crippen LogP contribution in [0.4, 0.5) is 5.69 Å². The van der Waals surface area contributed by atoms with E-state index < -0.39 is 0 Å². The average Bonchev–Trinajstić information content (AvgIpc) is 2.46. The average molecular weight is 211 g/mol. The second-order valence-electron chi connectivity index (χ2n) is 4.67. The molecule has 0 amide bonds. The van der Waals surface area contributed by atoms with Crippen molar-refractivity contribution in [3.8, 4) is 0 Å². The van der Waals surface area contributed by atoms with Crippen molar-refractivity contribution < 1.29 is 0 Å². The Kier molecular flexibility index (Phi) is 2.40. The van der Waals surface area contributed by atoms with Gasteiger partial charge >= 0.3 is 0 Å². The van der Waals surface area contributed by atoms with Gasteiger partial charge in [0.25, 0.3) is 0 Å². The van der Waals surface area contributed by atoms with E-state index in [1.807, 2.05) is 12.1 Å². The molecule has 1 aromatic rings. The predicted octanol–water partition coefficient (Wildman–Crippen LogP) is 2.97. The molecule has 1 fully saturated rings. The largest absolute Gasteiger partial charge is 0.371 e. The number of halogens is 1. The van der Waals surface area contributed by atoms with E-state index in [4.69, 9.17) is 11.6 Å². The SMILES string of the molecule is CC1(C)CCN(c2ccnc(Cl)c2)C1. The van der Waals surface area contributed by atoms with Gasteiger partial charge in [-0.15, -0.1) is 0 Å². The van der Waals surface area contributed by atoms with Gasteiger partial charge in [-0.25, -0.2) is 4.98 Å². The molecule has 3 heteroatoms. The molecule has 0 aromatic carbocycles. The van der Waals surface area contributed by atoms with Crippen molar-refractivity contribution in [2.24, 2.45) is 5.41 Å². The molecule has 1 aromatic heterocycles. The molecule has 2 nitrogen and oxygen atoms in total. The lowest BCUT2D eigenvalue weighted by atomic mass is 9.93. The molecule has 0 spiro atoms. The van der Waals surface area contributed by atoms with Crippen LogP contribution >= 0.6 is 11.6 Å². The van der Waals surface area contributed by atoms with Crippen molar-refractivity contribution in [3.05, 3.63) is 23.5 Å². The summed E-state index contributed by atoms with van der Waals surface area (Å²) in [5.74, 6) is 0. The van der Waals surface area contributed by atoms with Crippen LogP contribution in [-0.2, 0) is 0 Å². The standard InChI is InChI=1S/C11H15ClN2/c1-11(2)4-6-14(8-11)9-3-5-13-10(12)7-9/h3,5,7H,4,6,8H2,1-2H3. The smallest absolute Gasteiger partial charge is 0.131 e. The fourth-order valence-electron chi connectivity index (χ4n) is 1.92. The molecule has 0 aliphatic carbocycles. The number of aromatic nitrogens is 1. The van der Waals surface area contributed by atoms with Gasteiger partial charge in [-0.1, -0.05) is 25.4 Å². The maximum absolute atomic E-state index is 5.86. The van der Waals surface area contributed by atoms with Gasteiger partial charge in [0.2, 0.25) is 0 Å². The van der Waals surface area contributed by atoms with Crippen molar-refractivity contribution in [2.45, 2.75) is 20.3 Å². The molecule has 2 heterocycles. The summed E-state index contributed by atoms with van der Waals surface area (Å²) in [7, 11) is 0. The first-order valence-corrected chi connectivity index (χ1v) is 5.31. The van der Waals surface area contributed by atoms with E-state index in [0.717, 1.165) is 13.1 Å². The first-order valence-electron chi connectivity index (χ1n) is 4.93. The van der Waals surface area contributed by atoms with Crippen molar-refractivity contribution >= 4 is 17.3 Å². The zero-order valence-corrected chi connectivity index (χ0v) is 9.38. The van der Waals surface area contributed by atoms with Gasteiger partial charge in [0, 0.05) is 25.0 Å². The van der Waals surface area contributed by atoms with Gasteiger partial charge in [0.1, 0.15) is 5.15 Å². The zero-order valence-electron chi connectivity index (χ0n) is 8.63.